The highest BCUT2D eigenvalue weighted by atomic mass is 16.5. The zero-order valence-electron chi connectivity index (χ0n) is 14.1. The van der Waals surface area contributed by atoms with E-state index < -0.39 is 0 Å². The van der Waals surface area contributed by atoms with E-state index in [1.807, 2.05) is 54.6 Å². The largest absolute Gasteiger partial charge is 0.497 e. The molecule has 26 heavy (non-hydrogen) atoms. The van der Waals surface area contributed by atoms with Crippen molar-refractivity contribution in [2.45, 2.75) is 12.8 Å². The van der Waals surface area contributed by atoms with E-state index in [2.05, 4.69) is 20.3 Å². The van der Waals surface area contributed by atoms with Crippen molar-refractivity contribution in [2.24, 2.45) is 0 Å². The normalized spacial score (nSPS) is 10.8. The summed E-state index contributed by atoms with van der Waals surface area (Å²) in [5, 5.41) is 12.2. The molecule has 0 aliphatic carbocycles. The van der Waals surface area contributed by atoms with Gasteiger partial charge in [-0.25, -0.2) is 0 Å². The number of hydrogen-bond acceptors (Lipinski definition) is 7. The fraction of sp³-hybridized carbons (Fsp3) is 0.158. The maximum atomic E-state index is 5.68. The van der Waals surface area contributed by atoms with Gasteiger partial charge in [-0.1, -0.05) is 23.4 Å². The highest BCUT2D eigenvalue weighted by Gasteiger charge is 2.12. The van der Waals surface area contributed by atoms with Crippen LogP contribution < -0.4 is 4.74 Å². The first kappa shape index (κ1) is 16.0. The first-order valence-electron chi connectivity index (χ1n) is 8.16. The molecule has 0 bridgehead atoms. The molecule has 130 valence electrons. The number of rotatable bonds is 6. The van der Waals surface area contributed by atoms with Gasteiger partial charge in [0.15, 0.2) is 0 Å². The third-order valence-electron chi connectivity index (χ3n) is 3.86. The van der Waals surface area contributed by atoms with E-state index >= 15 is 0 Å². The average molecular weight is 348 g/mol. The molecule has 0 saturated heterocycles. The van der Waals surface area contributed by atoms with Crippen molar-refractivity contribution in [3.05, 3.63) is 66.4 Å². The molecule has 0 amide bonds. The predicted octanol–water partition coefficient (Wildman–Crippen LogP) is 3.58. The van der Waals surface area contributed by atoms with Gasteiger partial charge in [0.25, 0.3) is 0 Å². The second kappa shape index (κ2) is 7.18. The lowest BCUT2D eigenvalue weighted by atomic mass is 10.2. The lowest BCUT2D eigenvalue weighted by Crippen LogP contribution is -1.92. The standard InChI is InChI=1S/C19H16N4O3/c1-24-15-9-7-13(8-10-15)18-20-16(26-23-18)11-12-17-21-22-19(25-17)14-5-3-2-4-6-14/h2-10H,11-12H2,1H3. The van der Waals surface area contributed by atoms with Crippen LogP contribution in [0.2, 0.25) is 0 Å². The van der Waals surface area contributed by atoms with Crippen LogP contribution in [0.5, 0.6) is 5.75 Å². The molecule has 0 N–H and O–H groups in total. The molecule has 0 aliphatic heterocycles. The van der Waals surface area contributed by atoms with Crippen LogP contribution in [0.4, 0.5) is 0 Å². The van der Waals surface area contributed by atoms with Crippen LogP contribution in [-0.4, -0.2) is 27.4 Å². The highest BCUT2D eigenvalue weighted by molar-refractivity contribution is 5.55. The van der Waals surface area contributed by atoms with Gasteiger partial charge >= 0.3 is 0 Å². The molecule has 0 atom stereocenters. The van der Waals surface area contributed by atoms with Crippen molar-refractivity contribution in [1.29, 1.82) is 0 Å². The van der Waals surface area contributed by atoms with Gasteiger partial charge in [-0.15, -0.1) is 10.2 Å². The molecule has 4 aromatic rings. The van der Waals surface area contributed by atoms with Crippen molar-refractivity contribution in [2.75, 3.05) is 7.11 Å². The van der Waals surface area contributed by atoms with Crippen LogP contribution in [0, 0.1) is 0 Å². The number of benzene rings is 2. The summed E-state index contributed by atoms with van der Waals surface area (Å²) in [5.74, 6) is 2.88. The Morgan fingerprint density at radius 1 is 0.846 bits per heavy atom. The number of nitrogens with zero attached hydrogens (tertiary/aromatic N) is 4. The van der Waals surface area contributed by atoms with Crippen LogP contribution in [0.25, 0.3) is 22.8 Å². The topological polar surface area (TPSA) is 87.1 Å². The fourth-order valence-electron chi connectivity index (χ4n) is 2.48. The van der Waals surface area contributed by atoms with E-state index in [1.165, 1.54) is 0 Å². The first-order valence-corrected chi connectivity index (χ1v) is 8.16. The summed E-state index contributed by atoms with van der Waals surface area (Å²) >= 11 is 0. The second-order valence-electron chi connectivity index (χ2n) is 5.61. The Bertz CT molecular complexity index is 977. The number of ether oxygens (including phenoxy) is 1. The van der Waals surface area contributed by atoms with E-state index in [0.717, 1.165) is 16.9 Å². The van der Waals surface area contributed by atoms with Gasteiger partial charge in [-0.2, -0.15) is 4.98 Å². The Kier molecular flexibility index (Phi) is 4.42. The molecule has 7 heteroatoms. The van der Waals surface area contributed by atoms with Crippen molar-refractivity contribution >= 4 is 0 Å². The summed E-state index contributed by atoms with van der Waals surface area (Å²) < 4.78 is 16.1. The maximum absolute atomic E-state index is 5.68. The molecule has 7 nitrogen and oxygen atoms in total. The van der Waals surface area contributed by atoms with Gasteiger partial charge < -0.3 is 13.7 Å². The third-order valence-corrected chi connectivity index (χ3v) is 3.86. The average Bonchev–Trinajstić information content (AvgIpc) is 3.37. The zero-order valence-corrected chi connectivity index (χ0v) is 14.1. The predicted molar refractivity (Wildman–Crippen MR) is 93.4 cm³/mol. The zero-order chi connectivity index (χ0) is 17.8. The molecule has 0 saturated carbocycles. The molecule has 2 aromatic heterocycles. The second-order valence-corrected chi connectivity index (χ2v) is 5.61. The minimum Gasteiger partial charge on any atom is -0.497 e. The first-order chi connectivity index (χ1) is 12.8. The number of aromatic nitrogens is 4. The molecular formula is C19H16N4O3. The quantitative estimate of drug-likeness (QED) is 0.526. The van der Waals surface area contributed by atoms with E-state index in [9.17, 15) is 0 Å². The molecule has 0 fully saturated rings. The van der Waals surface area contributed by atoms with Crippen LogP contribution in [-0.2, 0) is 12.8 Å². The minimum atomic E-state index is 0.505. The molecular weight excluding hydrogens is 332 g/mol. The van der Waals surface area contributed by atoms with Gasteiger partial charge in [-0.05, 0) is 36.4 Å². The number of methoxy groups -OCH3 is 1. The smallest absolute Gasteiger partial charge is 0.247 e. The summed E-state index contributed by atoms with van der Waals surface area (Å²) in [4.78, 5) is 4.41. The van der Waals surface area contributed by atoms with Crippen molar-refractivity contribution in [3.8, 4) is 28.6 Å². The Labute approximate surface area is 149 Å². The highest BCUT2D eigenvalue weighted by Crippen LogP contribution is 2.21. The molecule has 0 radical (unpaired) electrons. The van der Waals surface area contributed by atoms with Crippen LogP contribution in [0.15, 0.2) is 63.5 Å². The van der Waals surface area contributed by atoms with Gasteiger partial charge in [0.05, 0.1) is 7.11 Å². The molecule has 2 heterocycles. The summed E-state index contributed by atoms with van der Waals surface area (Å²) in [5.41, 5.74) is 1.76. The van der Waals surface area contributed by atoms with Gasteiger partial charge in [0, 0.05) is 24.0 Å². The van der Waals surface area contributed by atoms with Crippen LogP contribution >= 0.6 is 0 Å². The van der Waals surface area contributed by atoms with E-state index in [-0.39, 0.29) is 0 Å². The van der Waals surface area contributed by atoms with Gasteiger partial charge in [0.2, 0.25) is 23.5 Å². The lowest BCUT2D eigenvalue weighted by Gasteiger charge is -1.98. The van der Waals surface area contributed by atoms with Gasteiger partial charge in [-0.3, -0.25) is 0 Å². The maximum Gasteiger partial charge on any atom is 0.247 e. The van der Waals surface area contributed by atoms with Crippen molar-refractivity contribution in [3.63, 3.8) is 0 Å². The van der Waals surface area contributed by atoms with Crippen molar-refractivity contribution in [1.82, 2.24) is 20.3 Å². The number of hydrogen-bond donors (Lipinski definition) is 0. The Morgan fingerprint density at radius 3 is 2.38 bits per heavy atom. The van der Waals surface area contributed by atoms with Crippen LogP contribution in [0.3, 0.4) is 0 Å². The van der Waals surface area contributed by atoms with Crippen molar-refractivity contribution < 1.29 is 13.7 Å². The van der Waals surface area contributed by atoms with E-state index in [0.29, 0.717) is 36.3 Å². The fourth-order valence-corrected chi connectivity index (χ4v) is 2.48. The molecule has 4 rings (SSSR count). The summed E-state index contributed by atoms with van der Waals surface area (Å²) in [6.07, 6.45) is 1.06. The molecule has 0 spiro atoms. The SMILES string of the molecule is COc1ccc(-c2noc(CCc3nnc(-c4ccccc4)o3)n2)cc1. The Hall–Kier alpha value is -3.48. The lowest BCUT2D eigenvalue weighted by molar-refractivity contribution is 0.373. The number of aryl methyl sites for hydroxylation is 2. The molecule has 0 unspecified atom stereocenters. The Balaban J connectivity index is 1.41. The van der Waals surface area contributed by atoms with Crippen LogP contribution in [0.1, 0.15) is 11.8 Å². The van der Waals surface area contributed by atoms with Gasteiger partial charge in [0.1, 0.15) is 5.75 Å². The molecule has 0 aliphatic rings. The minimum absolute atomic E-state index is 0.505. The summed E-state index contributed by atoms with van der Waals surface area (Å²) in [6, 6.07) is 17.1. The van der Waals surface area contributed by atoms with E-state index in [4.69, 9.17) is 13.7 Å². The monoisotopic (exact) mass is 348 g/mol. The third kappa shape index (κ3) is 3.46. The molecule has 2 aromatic carbocycles. The summed E-state index contributed by atoms with van der Waals surface area (Å²) in [6.45, 7) is 0. The Morgan fingerprint density at radius 2 is 1.62 bits per heavy atom. The van der Waals surface area contributed by atoms with E-state index in [1.54, 1.807) is 7.11 Å². The summed E-state index contributed by atoms with van der Waals surface area (Å²) in [7, 11) is 1.63.